The zero-order valence-corrected chi connectivity index (χ0v) is 18.4. The van der Waals surface area contributed by atoms with Crippen molar-refractivity contribution in [2.75, 3.05) is 13.1 Å². The van der Waals surface area contributed by atoms with Crippen LogP contribution in [0.25, 0.3) is 10.8 Å². The van der Waals surface area contributed by atoms with E-state index in [1.807, 2.05) is 12.1 Å². The smallest absolute Gasteiger partial charge is 0.272 e. The molecule has 1 fully saturated rings. The van der Waals surface area contributed by atoms with Crippen LogP contribution < -0.4 is 10.3 Å². The van der Waals surface area contributed by atoms with Crippen molar-refractivity contribution in [1.29, 1.82) is 0 Å². The summed E-state index contributed by atoms with van der Waals surface area (Å²) < 4.78 is 20.6. The minimum Gasteiger partial charge on any atom is -0.490 e. The first kappa shape index (κ1) is 21.8. The Labute approximate surface area is 195 Å². The molecular weight excluding hydrogens is 435 g/mol. The van der Waals surface area contributed by atoms with E-state index in [4.69, 9.17) is 4.74 Å². The highest BCUT2D eigenvalue weighted by Gasteiger charge is 2.26. The van der Waals surface area contributed by atoms with Crippen molar-refractivity contribution in [3.05, 3.63) is 100.0 Å². The molecule has 2 aromatic heterocycles. The first-order valence-electron chi connectivity index (χ1n) is 11.2. The predicted octanol–water partition coefficient (Wildman–Crippen LogP) is 3.73. The number of benzene rings is 2. The second-order valence-corrected chi connectivity index (χ2v) is 8.33. The van der Waals surface area contributed by atoms with Gasteiger partial charge < -0.3 is 9.64 Å². The monoisotopic (exact) mass is 458 g/mol. The summed E-state index contributed by atoms with van der Waals surface area (Å²) >= 11 is 0. The number of fused-ring (bicyclic) bond motifs is 1. The van der Waals surface area contributed by atoms with E-state index in [1.54, 1.807) is 53.7 Å². The Balaban J connectivity index is 1.30. The molecule has 7 nitrogen and oxygen atoms in total. The summed E-state index contributed by atoms with van der Waals surface area (Å²) in [5, 5.41) is 7.98. The van der Waals surface area contributed by atoms with Crippen molar-refractivity contribution in [2.24, 2.45) is 0 Å². The predicted molar refractivity (Wildman–Crippen MR) is 125 cm³/mol. The number of hydrogen-bond acceptors (Lipinski definition) is 5. The number of rotatable bonds is 5. The third-order valence-corrected chi connectivity index (χ3v) is 6.09. The normalized spacial score (nSPS) is 14.3. The Morgan fingerprint density at radius 3 is 2.56 bits per heavy atom. The first-order chi connectivity index (χ1) is 16.6. The molecule has 34 heavy (non-hydrogen) atoms. The highest BCUT2D eigenvalue weighted by Crippen LogP contribution is 2.22. The SMILES string of the molecule is O=C(c1cc(Cc2n[nH]c(=O)c3ccccc23)ccc1F)N1CCC(Oc2ccncc2)CC1. The van der Waals surface area contributed by atoms with Gasteiger partial charge in [-0.3, -0.25) is 14.6 Å². The maximum Gasteiger partial charge on any atom is 0.272 e. The molecule has 5 rings (SSSR count). The number of H-pyrrole nitrogens is 1. The molecule has 0 saturated carbocycles. The van der Waals surface area contributed by atoms with Crippen LogP contribution in [0.1, 0.15) is 34.5 Å². The summed E-state index contributed by atoms with van der Waals surface area (Å²) in [4.78, 5) is 30.8. The Hall–Kier alpha value is -4.07. The Morgan fingerprint density at radius 1 is 1.06 bits per heavy atom. The van der Waals surface area contributed by atoms with Gasteiger partial charge in [0, 0.05) is 50.1 Å². The molecule has 0 bridgehead atoms. The summed E-state index contributed by atoms with van der Waals surface area (Å²) in [5.41, 5.74) is 1.19. The molecule has 0 unspecified atom stereocenters. The van der Waals surface area contributed by atoms with Crippen LogP contribution >= 0.6 is 0 Å². The number of likely N-dealkylation sites (tertiary alicyclic amines) is 1. The maximum absolute atomic E-state index is 14.6. The van der Waals surface area contributed by atoms with Crippen LogP contribution in [0.4, 0.5) is 4.39 Å². The number of nitrogens with zero attached hydrogens (tertiary/aromatic N) is 3. The van der Waals surface area contributed by atoms with Crippen molar-refractivity contribution < 1.29 is 13.9 Å². The van der Waals surface area contributed by atoms with Crippen LogP contribution in [0.15, 0.2) is 71.8 Å². The molecule has 1 aliphatic rings. The highest BCUT2D eigenvalue weighted by atomic mass is 19.1. The first-order valence-corrected chi connectivity index (χ1v) is 11.2. The van der Waals surface area contributed by atoms with Gasteiger partial charge in [0.25, 0.3) is 11.5 Å². The highest BCUT2D eigenvalue weighted by molar-refractivity contribution is 5.95. The van der Waals surface area contributed by atoms with Gasteiger partial charge in [-0.05, 0) is 35.9 Å². The summed E-state index contributed by atoms with van der Waals surface area (Å²) in [5.74, 6) is -0.133. The lowest BCUT2D eigenvalue weighted by Crippen LogP contribution is -2.42. The fraction of sp³-hybridized carbons (Fsp3) is 0.231. The zero-order chi connectivity index (χ0) is 23.5. The molecule has 3 heterocycles. The Bertz CT molecular complexity index is 1380. The minimum atomic E-state index is -0.553. The average Bonchev–Trinajstić information content (AvgIpc) is 2.88. The molecule has 1 saturated heterocycles. The van der Waals surface area contributed by atoms with E-state index in [0.717, 1.165) is 16.7 Å². The number of carbonyl (C=O) groups is 1. The maximum atomic E-state index is 14.6. The van der Waals surface area contributed by atoms with Crippen molar-refractivity contribution in [3.8, 4) is 5.75 Å². The van der Waals surface area contributed by atoms with Gasteiger partial charge in [0.15, 0.2) is 0 Å². The number of aromatic amines is 1. The van der Waals surface area contributed by atoms with Crippen LogP contribution in [0.5, 0.6) is 5.75 Å². The molecule has 8 heteroatoms. The molecule has 2 aromatic carbocycles. The molecule has 4 aromatic rings. The minimum absolute atomic E-state index is 0.00206. The van der Waals surface area contributed by atoms with E-state index in [1.165, 1.54) is 6.07 Å². The third kappa shape index (κ3) is 4.52. The largest absolute Gasteiger partial charge is 0.490 e. The molecule has 0 spiro atoms. The van der Waals surface area contributed by atoms with Gasteiger partial charge in [-0.1, -0.05) is 24.3 Å². The Kier molecular flexibility index (Phi) is 6.03. The molecule has 1 N–H and O–H groups in total. The fourth-order valence-corrected chi connectivity index (χ4v) is 4.30. The van der Waals surface area contributed by atoms with Crippen molar-refractivity contribution >= 4 is 16.7 Å². The molecule has 1 amide bonds. The number of piperidine rings is 1. The number of pyridine rings is 1. The molecule has 0 radical (unpaired) electrons. The quantitative estimate of drug-likeness (QED) is 0.492. The molecule has 1 aliphatic heterocycles. The summed E-state index contributed by atoms with van der Waals surface area (Å²) in [7, 11) is 0. The van der Waals surface area contributed by atoms with E-state index >= 15 is 0 Å². The lowest BCUT2D eigenvalue weighted by molar-refractivity contribution is 0.0591. The van der Waals surface area contributed by atoms with Crippen LogP contribution in [0, 0.1) is 5.82 Å². The van der Waals surface area contributed by atoms with Gasteiger partial charge in [-0.15, -0.1) is 0 Å². The summed E-state index contributed by atoms with van der Waals surface area (Å²) in [6, 6.07) is 15.4. The third-order valence-electron chi connectivity index (χ3n) is 6.09. The van der Waals surface area contributed by atoms with Gasteiger partial charge in [0.1, 0.15) is 17.7 Å². The van der Waals surface area contributed by atoms with E-state index < -0.39 is 5.82 Å². The molecule has 172 valence electrons. The van der Waals surface area contributed by atoms with Gasteiger partial charge in [0.05, 0.1) is 16.6 Å². The molecule has 0 aliphatic carbocycles. The average molecular weight is 458 g/mol. The summed E-state index contributed by atoms with van der Waals surface area (Å²) in [6.45, 7) is 0.981. The number of halogens is 1. The van der Waals surface area contributed by atoms with E-state index in [9.17, 15) is 14.0 Å². The lowest BCUT2D eigenvalue weighted by atomic mass is 10.0. The van der Waals surface area contributed by atoms with E-state index in [0.29, 0.717) is 43.4 Å². The second kappa shape index (κ2) is 9.43. The van der Waals surface area contributed by atoms with Gasteiger partial charge in [-0.25, -0.2) is 9.49 Å². The fourth-order valence-electron chi connectivity index (χ4n) is 4.30. The van der Waals surface area contributed by atoms with Crippen LogP contribution in [0.2, 0.25) is 0 Å². The topological polar surface area (TPSA) is 88.2 Å². The van der Waals surface area contributed by atoms with Gasteiger partial charge in [0.2, 0.25) is 0 Å². The molecule has 0 atom stereocenters. The van der Waals surface area contributed by atoms with E-state index in [2.05, 4.69) is 15.2 Å². The zero-order valence-electron chi connectivity index (χ0n) is 18.4. The van der Waals surface area contributed by atoms with Crippen molar-refractivity contribution in [1.82, 2.24) is 20.1 Å². The molecular formula is C26H23FN4O3. The number of hydrogen-bond donors (Lipinski definition) is 1. The van der Waals surface area contributed by atoms with Gasteiger partial charge >= 0.3 is 0 Å². The lowest BCUT2D eigenvalue weighted by Gasteiger charge is -2.32. The van der Waals surface area contributed by atoms with Crippen LogP contribution in [-0.2, 0) is 6.42 Å². The number of carbonyl (C=O) groups excluding carboxylic acids is 1. The van der Waals surface area contributed by atoms with Crippen LogP contribution in [0.3, 0.4) is 0 Å². The van der Waals surface area contributed by atoms with Crippen molar-refractivity contribution in [2.45, 2.75) is 25.4 Å². The number of ether oxygens (including phenoxy) is 1. The van der Waals surface area contributed by atoms with E-state index in [-0.39, 0.29) is 23.1 Å². The number of amides is 1. The van der Waals surface area contributed by atoms with Gasteiger partial charge in [-0.2, -0.15) is 5.10 Å². The second-order valence-electron chi connectivity index (χ2n) is 8.33. The number of nitrogens with one attached hydrogen (secondary N) is 1. The van der Waals surface area contributed by atoms with Crippen LogP contribution in [-0.4, -0.2) is 45.2 Å². The summed E-state index contributed by atoms with van der Waals surface area (Å²) in [6.07, 6.45) is 5.05. The number of aromatic nitrogens is 3. The Morgan fingerprint density at radius 2 is 1.79 bits per heavy atom. The van der Waals surface area contributed by atoms with Crippen molar-refractivity contribution in [3.63, 3.8) is 0 Å². The standard InChI is InChI=1S/C26H23FN4O3/c27-23-6-5-17(16-24-20-3-1-2-4-21(20)25(32)30-29-24)15-22(23)26(33)31-13-9-19(10-14-31)34-18-7-11-28-12-8-18/h1-8,11-12,15,19H,9-10,13-14,16H2,(H,30,32).